The van der Waals surface area contributed by atoms with Crippen LogP contribution in [-0.2, 0) is 17.9 Å². The van der Waals surface area contributed by atoms with Gasteiger partial charge in [-0.25, -0.2) is 9.67 Å². The minimum absolute atomic E-state index is 0.128. The average Bonchev–Trinajstić information content (AvgIpc) is 3.06. The fraction of sp³-hybridized carbons (Fsp3) is 0.200. The van der Waals surface area contributed by atoms with Crippen molar-refractivity contribution in [1.29, 1.82) is 0 Å². The number of pyridine rings is 1. The molecule has 136 valence electrons. The first-order valence-electron chi connectivity index (χ1n) is 8.68. The molecule has 0 spiro atoms. The molecule has 4 aromatic rings. The van der Waals surface area contributed by atoms with Gasteiger partial charge in [-0.2, -0.15) is 5.10 Å². The lowest BCUT2D eigenvalue weighted by atomic mass is 10.1. The van der Waals surface area contributed by atoms with E-state index < -0.39 is 0 Å². The molecule has 7 heteroatoms. The number of nitrogens with one attached hydrogen (secondary N) is 1. The monoisotopic (exact) mass is 361 g/mol. The van der Waals surface area contributed by atoms with Crippen molar-refractivity contribution in [2.45, 2.75) is 26.9 Å². The van der Waals surface area contributed by atoms with Crippen LogP contribution in [0.3, 0.4) is 0 Å². The van der Waals surface area contributed by atoms with E-state index >= 15 is 0 Å². The molecule has 0 radical (unpaired) electrons. The van der Waals surface area contributed by atoms with Gasteiger partial charge in [0.15, 0.2) is 0 Å². The van der Waals surface area contributed by atoms with Gasteiger partial charge in [0.1, 0.15) is 12.2 Å². The van der Waals surface area contributed by atoms with Crippen LogP contribution in [0.1, 0.15) is 17.0 Å². The summed E-state index contributed by atoms with van der Waals surface area (Å²) in [6.07, 6.45) is 3.86. The summed E-state index contributed by atoms with van der Waals surface area (Å²) >= 11 is 0. The van der Waals surface area contributed by atoms with Crippen LogP contribution in [0, 0.1) is 13.8 Å². The Balaban J connectivity index is 1.50. The van der Waals surface area contributed by atoms with Crippen molar-refractivity contribution >= 4 is 22.3 Å². The number of aromatic nitrogens is 4. The van der Waals surface area contributed by atoms with Crippen molar-refractivity contribution in [1.82, 2.24) is 24.5 Å². The molecule has 3 heterocycles. The van der Waals surface area contributed by atoms with Crippen LogP contribution in [-0.4, -0.2) is 25.1 Å². The molecule has 0 aliphatic carbocycles. The number of aryl methyl sites for hydroxylation is 2. The van der Waals surface area contributed by atoms with E-state index in [4.69, 9.17) is 0 Å². The molecule has 0 aliphatic heterocycles. The highest BCUT2D eigenvalue weighted by Crippen LogP contribution is 2.11. The highest BCUT2D eigenvalue weighted by Gasteiger charge is 2.11. The normalized spacial score (nSPS) is 11.2. The summed E-state index contributed by atoms with van der Waals surface area (Å²) < 4.78 is 3.13. The molecule has 0 unspecified atom stereocenters. The van der Waals surface area contributed by atoms with E-state index in [1.54, 1.807) is 12.1 Å². The fourth-order valence-electron chi connectivity index (χ4n) is 3.13. The van der Waals surface area contributed by atoms with Crippen molar-refractivity contribution in [3.63, 3.8) is 0 Å². The summed E-state index contributed by atoms with van der Waals surface area (Å²) in [6.45, 7) is 4.00. The van der Waals surface area contributed by atoms with Gasteiger partial charge in [0.2, 0.25) is 5.91 Å². The Bertz CT molecular complexity index is 1220. The number of amides is 1. The van der Waals surface area contributed by atoms with Gasteiger partial charge in [-0.15, -0.1) is 0 Å². The number of carbonyl (C=O) groups excluding carboxylic acids is 1. The van der Waals surface area contributed by atoms with E-state index in [1.807, 2.05) is 54.9 Å². The molecule has 3 aromatic heterocycles. The third-order valence-corrected chi connectivity index (χ3v) is 4.46. The topological polar surface area (TPSA) is 81.3 Å². The van der Waals surface area contributed by atoms with Crippen molar-refractivity contribution in [2.24, 2.45) is 0 Å². The summed E-state index contributed by atoms with van der Waals surface area (Å²) in [4.78, 5) is 29.3. The zero-order chi connectivity index (χ0) is 19.0. The standard InChI is InChI=1S/C20H19N5O2/c1-13-7-8-18-22-15(11-24(18)10-13)9-21-19(26)12-25-20(27)17-6-4-3-5-16(17)14(2)23-25/h3-8,10-11H,9,12H2,1-2H3,(H,21,26). The van der Waals surface area contributed by atoms with Crippen molar-refractivity contribution in [2.75, 3.05) is 0 Å². The van der Waals surface area contributed by atoms with Crippen LogP contribution < -0.4 is 10.9 Å². The lowest BCUT2D eigenvalue weighted by Gasteiger charge is -2.08. The van der Waals surface area contributed by atoms with Gasteiger partial charge in [0.05, 0.1) is 23.3 Å². The van der Waals surface area contributed by atoms with Crippen LogP contribution in [0.5, 0.6) is 0 Å². The molecular formula is C20H19N5O2. The molecule has 0 fully saturated rings. The fourth-order valence-corrected chi connectivity index (χ4v) is 3.13. The number of carbonyl (C=O) groups is 1. The maximum Gasteiger partial charge on any atom is 0.275 e. The van der Waals surface area contributed by atoms with Gasteiger partial charge >= 0.3 is 0 Å². The van der Waals surface area contributed by atoms with Gasteiger partial charge in [0.25, 0.3) is 5.56 Å². The molecule has 0 saturated carbocycles. The number of fused-ring (bicyclic) bond motifs is 2. The van der Waals surface area contributed by atoms with Gasteiger partial charge in [0, 0.05) is 17.8 Å². The second-order valence-corrected chi connectivity index (χ2v) is 6.57. The molecule has 1 amide bonds. The number of benzene rings is 1. The SMILES string of the molecule is Cc1ccc2nc(CNC(=O)Cn3nc(C)c4ccccc4c3=O)cn2c1. The summed E-state index contributed by atoms with van der Waals surface area (Å²) in [5, 5.41) is 8.44. The lowest BCUT2D eigenvalue weighted by Crippen LogP contribution is -2.33. The second-order valence-electron chi connectivity index (χ2n) is 6.57. The molecule has 1 N–H and O–H groups in total. The van der Waals surface area contributed by atoms with E-state index in [2.05, 4.69) is 15.4 Å². The predicted molar refractivity (Wildman–Crippen MR) is 103 cm³/mol. The lowest BCUT2D eigenvalue weighted by molar-refractivity contribution is -0.122. The Morgan fingerprint density at radius 2 is 1.85 bits per heavy atom. The van der Waals surface area contributed by atoms with Crippen LogP contribution in [0.25, 0.3) is 16.4 Å². The van der Waals surface area contributed by atoms with Gasteiger partial charge < -0.3 is 9.72 Å². The summed E-state index contributed by atoms with van der Waals surface area (Å²) in [5.41, 5.74) is 3.16. The number of hydrogen-bond acceptors (Lipinski definition) is 4. The molecular weight excluding hydrogens is 342 g/mol. The van der Waals surface area contributed by atoms with E-state index in [9.17, 15) is 9.59 Å². The Morgan fingerprint density at radius 1 is 1.07 bits per heavy atom. The zero-order valence-corrected chi connectivity index (χ0v) is 15.1. The molecule has 0 bridgehead atoms. The maximum atomic E-state index is 12.5. The number of nitrogens with zero attached hydrogens (tertiary/aromatic N) is 4. The molecule has 0 saturated heterocycles. The summed E-state index contributed by atoms with van der Waals surface area (Å²) in [5.74, 6) is -0.285. The smallest absolute Gasteiger partial charge is 0.275 e. The molecule has 0 aliphatic rings. The van der Waals surface area contributed by atoms with E-state index in [-0.39, 0.29) is 18.0 Å². The van der Waals surface area contributed by atoms with Crippen LogP contribution in [0.15, 0.2) is 53.6 Å². The molecule has 1 aromatic carbocycles. The first kappa shape index (κ1) is 17.0. The van der Waals surface area contributed by atoms with Crippen LogP contribution in [0.4, 0.5) is 0 Å². The number of imidazole rings is 1. The molecule has 7 nitrogen and oxygen atoms in total. The van der Waals surface area contributed by atoms with Crippen molar-refractivity contribution in [3.05, 3.63) is 76.1 Å². The Labute approximate surface area is 155 Å². The third kappa shape index (κ3) is 3.31. The summed E-state index contributed by atoms with van der Waals surface area (Å²) in [6, 6.07) is 11.2. The Morgan fingerprint density at radius 3 is 2.67 bits per heavy atom. The average molecular weight is 361 g/mol. The first-order chi connectivity index (χ1) is 13.0. The van der Waals surface area contributed by atoms with Crippen LogP contribution in [0.2, 0.25) is 0 Å². The van der Waals surface area contributed by atoms with Gasteiger partial charge in [-0.05, 0) is 31.5 Å². The molecule has 27 heavy (non-hydrogen) atoms. The molecule has 0 atom stereocenters. The largest absolute Gasteiger partial charge is 0.349 e. The summed E-state index contributed by atoms with van der Waals surface area (Å²) in [7, 11) is 0. The Hall–Kier alpha value is -3.48. The van der Waals surface area contributed by atoms with E-state index in [0.29, 0.717) is 17.6 Å². The predicted octanol–water partition coefficient (Wildman–Crippen LogP) is 1.98. The maximum absolute atomic E-state index is 12.5. The highest BCUT2D eigenvalue weighted by molar-refractivity contribution is 5.83. The minimum Gasteiger partial charge on any atom is -0.349 e. The second kappa shape index (κ2) is 6.68. The quantitative estimate of drug-likeness (QED) is 0.603. The third-order valence-electron chi connectivity index (χ3n) is 4.46. The Kier molecular flexibility index (Phi) is 4.19. The van der Waals surface area contributed by atoms with Crippen molar-refractivity contribution < 1.29 is 4.79 Å². The number of hydrogen-bond donors (Lipinski definition) is 1. The minimum atomic E-state index is -0.285. The van der Waals surface area contributed by atoms with E-state index in [0.717, 1.165) is 22.3 Å². The number of rotatable bonds is 4. The van der Waals surface area contributed by atoms with Gasteiger partial charge in [-0.1, -0.05) is 24.3 Å². The first-order valence-corrected chi connectivity index (χ1v) is 8.68. The van der Waals surface area contributed by atoms with Crippen molar-refractivity contribution in [3.8, 4) is 0 Å². The highest BCUT2D eigenvalue weighted by atomic mass is 16.2. The molecule has 4 rings (SSSR count). The zero-order valence-electron chi connectivity index (χ0n) is 15.1. The van der Waals surface area contributed by atoms with E-state index in [1.165, 1.54) is 4.68 Å². The van der Waals surface area contributed by atoms with Gasteiger partial charge in [-0.3, -0.25) is 9.59 Å². The van der Waals surface area contributed by atoms with Crippen LogP contribution >= 0.6 is 0 Å².